The number of ether oxygens (including phenoxy) is 3. The summed E-state index contributed by atoms with van der Waals surface area (Å²) in [4.78, 5) is 26.6. The predicted molar refractivity (Wildman–Crippen MR) is 319 cm³/mol. The van der Waals surface area contributed by atoms with Crippen LogP contribution in [0.4, 0.5) is 0 Å². The van der Waals surface area contributed by atoms with Gasteiger partial charge in [0.2, 0.25) is 5.91 Å². The zero-order valence-corrected chi connectivity index (χ0v) is 49.3. The number of aliphatic hydroxyl groups excluding tert-OH is 5. The molecular weight excluding hydrogens is 967 g/mol. The van der Waals surface area contributed by atoms with Crippen LogP contribution in [0.15, 0.2) is 72.9 Å². The molecule has 11 nitrogen and oxygen atoms in total. The Kier molecular flexibility index (Phi) is 50.3. The van der Waals surface area contributed by atoms with Crippen LogP contribution in [0.5, 0.6) is 0 Å². The molecule has 1 rings (SSSR count). The highest BCUT2D eigenvalue weighted by atomic mass is 16.7. The number of unbranched alkanes of at least 4 members (excludes halogenated alkanes) is 31. The quantitative estimate of drug-likeness (QED) is 0.0149. The number of carbonyl (C=O) groups excluding carboxylic acids is 2. The smallest absolute Gasteiger partial charge is 0.306 e. The number of nitrogens with one attached hydrogen (secondary N) is 1. The highest BCUT2D eigenvalue weighted by Crippen LogP contribution is 2.26. The summed E-state index contributed by atoms with van der Waals surface area (Å²) < 4.78 is 17.6. The molecule has 6 N–H and O–H groups in total. The van der Waals surface area contributed by atoms with Crippen LogP contribution in [0, 0.1) is 0 Å². The standard InChI is InChI=1S/C66H117NO10/c1-4-7-10-13-16-19-22-25-27-28-29-30-31-33-35-38-41-44-47-50-53-59(70)65(74)67-57(58(69)52-49-46-43-40-37-34-24-21-18-15-12-9-6-3)56-75-66-64(63(73)62(72)60(55-68)76-66)77-61(71)54-51-48-45-42-39-36-32-26-23-20-17-14-11-8-5-2/h8,11,14,16-17,19-20,23,25,27,49,52,57-60,62-64,66,68-70,72-73H,4-7,9-10,12-13,15,18,21-22,24,26,28-48,50-51,53-56H2,1-3H3,(H,67,74)/b11-8+,17-14+,19-16-,23-20+,27-25-,52-49+. The number of esters is 1. The Morgan fingerprint density at radius 3 is 1.52 bits per heavy atom. The Balaban J connectivity index is 2.68. The van der Waals surface area contributed by atoms with E-state index in [1.165, 1.54) is 122 Å². The summed E-state index contributed by atoms with van der Waals surface area (Å²) in [6, 6.07) is -1.03. The van der Waals surface area contributed by atoms with Crippen LogP contribution >= 0.6 is 0 Å². The first-order valence-corrected chi connectivity index (χ1v) is 31.7. The van der Waals surface area contributed by atoms with E-state index in [9.17, 15) is 35.1 Å². The maximum atomic E-state index is 13.4. The maximum Gasteiger partial charge on any atom is 0.306 e. The number of hydrogen-bond acceptors (Lipinski definition) is 10. The van der Waals surface area contributed by atoms with Gasteiger partial charge < -0.3 is 45.1 Å². The van der Waals surface area contributed by atoms with Gasteiger partial charge in [-0.25, -0.2) is 0 Å². The summed E-state index contributed by atoms with van der Waals surface area (Å²) in [5.74, 6) is -1.21. The van der Waals surface area contributed by atoms with E-state index in [4.69, 9.17) is 14.2 Å². The van der Waals surface area contributed by atoms with E-state index in [1.807, 2.05) is 12.2 Å². The number of rotatable bonds is 53. The van der Waals surface area contributed by atoms with Crippen molar-refractivity contribution in [3.05, 3.63) is 72.9 Å². The summed E-state index contributed by atoms with van der Waals surface area (Å²) in [5, 5.41) is 57.0. The molecule has 446 valence electrons. The molecule has 1 saturated heterocycles. The Bertz CT molecular complexity index is 1530. The van der Waals surface area contributed by atoms with Gasteiger partial charge in [-0.3, -0.25) is 9.59 Å². The Hall–Kier alpha value is -2.90. The van der Waals surface area contributed by atoms with Crippen LogP contribution in [0.2, 0.25) is 0 Å². The van der Waals surface area contributed by atoms with Gasteiger partial charge in [-0.1, -0.05) is 261 Å². The average molecular weight is 1080 g/mol. The van der Waals surface area contributed by atoms with Gasteiger partial charge in [-0.15, -0.1) is 0 Å². The van der Waals surface area contributed by atoms with Gasteiger partial charge in [0.25, 0.3) is 0 Å². The second-order valence-electron chi connectivity index (χ2n) is 21.8. The largest absolute Gasteiger partial charge is 0.454 e. The van der Waals surface area contributed by atoms with Crippen LogP contribution in [-0.2, 0) is 23.8 Å². The van der Waals surface area contributed by atoms with Gasteiger partial charge >= 0.3 is 5.97 Å². The SMILES string of the molecule is CC/C=C/C=C/C=C/CCCCCCCCCC(=O)OC1C(OCC(NC(=O)C(O)CCCCCCCCCCCC/C=C\C/C=C\CCCCC)C(O)/C=C/CCCCCCCCCCCCC)OC(CO)C(O)C1O. The number of carbonyl (C=O) groups is 2. The third-order valence-electron chi connectivity index (χ3n) is 14.7. The first-order valence-electron chi connectivity index (χ1n) is 31.7. The molecule has 0 saturated carbocycles. The van der Waals surface area contributed by atoms with Crippen LogP contribution in [0.1, 0.15) is 271 Å². The summed E-state index contributed by atoms with van der Waals surface area (Å²) in [6.45, 7) is 5.64. The van der Waals surface area contributed by atoms with Gasteiger partial charge in [0.15, 0.2) is 12.4 Å². The lowest BCUT2D eigenvalue weighted by Crippen LogP contribution is -2.61. The molecular formula is C66H117NO10. The maximum absolute atomic E-state index is 13.4. The summed E-state index contributed by atoms with van der Waals surface area (Å²) in [6.07, 6.45) is 57.9. The molecule has 1 aliphatic heterocycles. The third-order valence-corrected chi connectivity index (χ3v) is 14.7. The van der Waals surface area contributed by atoms with Crippen LogP contribution in [0.25, 0.3) is 0 Å². The fourth-order valence-corrected chi connectivity index (χ4v) is 9.62. The molecule has 0 spiro atoms. The van der Waals surface area contributed by atoms with Crippen molar-refractivity contribution >= 4 is 11.9 Å². The number of aliphatic hydroxyl groups is 5. The van der Waals surface area contributed by atoms with E-state index in [1.54, 1.807) is 6.08 Å². The molecule has 11 heteroatoms. The molecule has 0 aromatic rings. The molecule has 0 bridgehead atoms. The van der Waals surface area contributed by atoms with Crippen LogP contribution in [0.3, 0.4) is 0 Å². The molecule has 1 heterocycles. The van der Waals surface area contributed by atoms with Crippen molar-refractivity contribution < 1.29 is 49.3 Å². The third kappa shape index (κ3) is 41.7. The number of amides is 1. The monoisotopic (exact) mass is 1080 g/mol. The summed E-state index contributed by atoms with van der Waals surface area (Å²) in [7, 11) is 0. The fourth-order valence-electron chi connectivity index (χ4n) is 9.62. The van der Waals surface area contributed by atoms with Crippen molar-refractivity contribution in [1.82, 2.24) is 5.32 Å². The van der Waals surface area contributed by atoms with Crippen molar-refractivity contribution in [3.8, 4) is 0 Å². The van der Waals surface area contributed by atoms with Gasteiger partial charge in [-0.2, -0.15) is 0 Å². The van der Waals surface area contributed by atoms with Crippen molar-refractivity contribution in [3.63, 3.8) is 0 Å². The first kappa shape index (κ1) is 72.1. The number of allylic oxidation sites excluding steroid dienone is 11. The highest BCUT2D eigenvalue weighted by molar-refractivity contribution is 5.80. The van der Waals surface area contributed by atoms with Crippen LogP contribution < -0.4 is 5.32 Å². The van der Waals surface area contributed by atoms with Crippen molar-refractivity contribution in [2.45, 2.75) is 320 Å². The van der Waals surface area contributed by atoms with E-state index >= 15 is 0 Å². The van der Waals surface area contributed by atoms with E-state index in [0.717, 1.165) is 103 Å². The molecule has 8 atom stereocenters. The van der Waals surface area contributed by atoms with Gasteiger partial charge in [0.05, 0.1) is 25.4 Å². The molecule has 77 heavy (non-hydrogen) atoms. The Morgan fingerprint density at radius 1 is 0.532 bits per heavy atom. The highest BCUT2D eigenvalue weighted by Gasteiger charge is 2.47. The molecule has 0 aromatic carbocycles. The van der Waals surface area contributed by atoms with Crippen molar-refractivity contribution in [2.24, 2.45) is 0 Å². The number of hydrogen-bond donors (Lipinski definition) is 6. The lowest BCUT2D eigenvalue weighted by atomic mass is 9.99. The minimum absolute atomic E-state index is 0.108. The lowest BCUT2D eigenvalue weighted by molar-refractivity contribution is -0.305. The van der Waals surface area contributed by atoms with Gasteiger partial charge in [0, 0.05) is 6.42 Å². The van der Waals surface area contributed by atoms with E-state index < -0.39 is 67.4 Å². The molecule has 0 aromatic heterocycles. The van der Waals surface area contributed by atoms with Gasteiger partial charge in [0.1, 0.15) is 24.4 Å². The second-order valence-corrected chi connectivity index (χ2v) is 21.8. The van der Waals surface area contributed by atoms with E-state index in [2.05, 4.69) is 80.8 Å². The van der Waals surface area contributed by atoms with Crippen molar-refractivity contribution in [2.75, 3.05) is 13.2 Å². The molecule has 1 amide bonds. The van der Waals surface area contributed by atoms with Gasteiger partial charge in [-0.05, 0) is 77.0 Å². The zero-order chi connectivity index (χ0) is 56.1. The molecule has 0 aliphatic carbocycles. The molecule has 1 aliphatic rings. The molecule has 1 fully saturated rings. The van der Waals surface area contributed by atoms with Crippen molar-refractivity contribution in [1.29, 1.82) is 0 Å². The lowest BCUT2D eigenvalue weighted by Gasteiger charge is -2.41. The molecule has 0 radical (unpaired) electrons. The normalized spacial score (nSPS) is 19.5. The fraction of sp³-hybridized carbons (Fsp3) is 0.788. The average Bonchev–Trinajstić information content (AvgIpc) is 3.43. The minimum atomic E-state index is -1.62. The first-order chi connectivity index (χ1) is 37.7. The predicted octanol–water partition coefficient (Wildman–Crippen LogP) is 15.2. The second kappa shape index (κ2) is 53.7. The van der Waals surface area contributed by atoms with E-state index in [-0.39, 0.29) is 19.4 Å². The summed E-state index contributed by atoms with van der Waals surface area (Å²) >= 11 is 0. The minimum Gasteiger partial charge on any atom is -0.454 e. The topological polar surface area (TPSA) is 175 Å². The zero-order valence-electron chi connectivity index (χ0n) is 49.3. The Morgan fingerprint density at radius 2 is 0.987 bits per heavy atom. The summed E-state index contributed by atoms with van der Waals surface area (Å²) in [5.41, 5.74) is 0. The molecule has 8 unspecified atom stereocenters. The van der Waals surface area contributed by atoms with E-state index in [0.29, 0.717) is 12.8 Å². The Labute approximate surface area is 471 Å². The van der Waals surface area contributed by atoms with Crippen LogP contribution in [-0.4, -0.2) is 99.6 Å².